The van der Waals surface area contributed by atoms with Crippen LogP contribution in [0.25, 0.3) is 11.2 Å². The predicted molar refractivity (Wildman–Crippen MR) is 109 cm³/mol. The summed E-state index contributed by atoms with van der Waals surface area (Å²) in [7, 11) is 0. The molecule has 2 aromatic heterocycles. The molecule has 152 valence electrons. The van der Waals surface area contributed by atoms with E-state index in [1.807, 2.05) is 30.9 Å². The van der Waals surface area contributed by atoms with Crippen LogP contribution in [0.15, 0.2) is 23.1 Å². The summed E-state index contributed by atoms with van der Waals surface area (Å²) in [6.45, 7) is 7.60. The van der Waals surface area contributed by atoms with Gasteiger partial charge in [0.2, 0.25) is 5.91 Å². The van der Waals surface area contributed by atoms with Gasteiger partial charge >= 0.3 is 0 Å². The van der Waals surface area contributed by atoms with Gasteiger partial charge in [0.15, 0.2) is 11.5 Å². The van der Waals surface area contributed by atoms with Crippen molar-refractivity contribution in [2.75, 3.05) is 37.7 Å². The van der Waals surface area contributed by atoms with Crippen LogP contribution >= 0.6 is 0 Å². The van der Waals surface area contributed by atoms with E-state index in [0.717, 1.165) is 25.8 Å². The van der Waals surface area contributed by atoms with Crippen molar-refractivity contribution in [2.24, 2.45) is 5.92 Å². The molecule has 2 aromatic rings. The van der Waals surface area contributed by atoms with Crippen LogP contribution in [-0.4, -0.2) is 53.3 Å². The summed E-state index contributed by atoms with van der Waals surface area (Å²) in [6, 6.07) is 3.68. The first-order chi connectivity index (χ1) is 13.7. The number of fused-ring (bicyclic) bond motifs is 1. The fourth-order valence-corrected chi connectivity index (χ4v) is 3.62. The fourth-order valence-electron chi connectivity index (χ4n) is 3.62. The number of aromatic nitrogens is 3. The maximum Gasteiger partial charge on any atom is 0.295 e. The second-order valence-electron chi connectivity index (χ2n) is 6.96. The summed E-state index contributed by atoms with van der Waals surface area (Å²) < 4.78 is 6.94. The summed E-state index contributed by atoms with van der Waals surface area (Å²) in [5, 5.41) is 2.99. The Balaban J connectivity index is 1.73. The molecule has 0 bridgehead atoms. The van der Waals surface area contributed by atoms with Crippen molar-refractivity contribution in [3.8, 4) is 0 Å². The van der Waals surface area contributed by atoms with Crippen molar-refractivity contribution < 1.29 is 9.53 Å². The molecular weight excluding hydrogens is 358 g/mol. The number of nitrogens with zero attached hydrogens (tertiary/aromatic N) is 4. The van der Waals surface area contributed by atoms with Crippen molar-refractivity contribution in [3.05, 3.63) is 28.7 Å². The molecule has 1 saturated heterocycles. The molecule has 28 heavy (non-hydrogen) atoms. The Morgan fingerprint density at radius 1 is 1.39 bits per heavy atom. The molecule has 1 aliphatic rings. The zero-order valence-electron chi connectivity index (χ0n) is 16.7. The number of nitrogens with one attached hydrogen (secondary N) is 1. The van der Waals surface area contributed by atoms with Crippen LogP contribution in [-0.2, 0) is 16.1 Å². The lowest BCUT2D eigenvalue weighted by molar-refractivity contribution is -0.125. The van der Waals surface area contributed by atoms with E-state index in [-0.39, 0.29) is 17.4 Å². The van der Waals surface area contributed by atoms with E-state index < -0.39 is 0 Å². The molecule has 1 unspecified atom stereocenters. The van der Waals surface area contributed by atoms with Gasteiger partial charge in [0.05, 0.1) is 5.92 Å². The monoisotopic (exact) mass is 387 g/mol. The zero-order valence-corrected chi connectivity index (χ0v) is 16.7. The molecule has 1 aliphatic heterocycles. The topological polar surface area (TPSA) is 89.3 Å². The van der Waals surface area contributed by atoms with Crippen LogP contribution in [0.5, 0.6) is 0 Å². The highest BCUT2D eigenvalue weighted by molar-refractivity contribution is 5.79. The van der Waals surface area contributed by atoms with Crippen molar-refractivity contribution in [3.63, 3.8) is 0 Å². The largest absolute Gasteiger partial charge is 0.382 e. The maximum atomic E-state index is 13.0. The number of aryl methyl sites for hydroxylation is 1. The molecule has 0 aromatic carbocycles. The lowest BCUT2D eigenvalue weighted by Crippen LogP contribution is -2.45. The van der Waals surface area contributed by atoms with Gasteiger partial charge in [0.1, 0.15) is 5.52 Å². The summed E-state index contributed by atoms with van der Waals surface area (Å²) in [6.07, 6.45) is 4.15. The number of carbonyl (C=O) groups excluding carboxylic acids is 1. The second-order valence-corrected chi connectivity index (χ2v) is 6.96. The smallest absolute Gasteiger partial charge is 0.295 e. The van der Waals surface area contributed by atoms with Crippen LogP contribution in [0, 0.1) is 5.92 Å². The zero-order chi connectivity index (χ0) is 19.9. The Bertz CT molecular complexity index is 867. The van der Waals surface area contributed by atoms with Gasteiger partial charge in [-0.15, -0.1) is 0 Å². The summed E-state index contributed by atoms with van der Waals surface area (Å²) >= 11 is 0. The molecule has 0 saturated carbocycles. The molecule has 3 heterocycles. The Morgan fingerprint density at radius 2 is 2.25 bits per heavy atom. The van der Waals surface area contributed by atoms with Crippen LogP contribution in [0.3, 0.4) is 0 Å². The molecule has 3 rings (SSSR count). The molecule has 1 N–H and O–H groups in total. The lowest BCUT2D eigenvalue weighted by atomic mass is 9.97. The first-order valence-electron chi connectivity index (χ1n) is 10.1. The van der Waals surface area contributed by atoms with Gasteiger partial charge in [-0.05, 0) is 45.2 Å². The summed E-state index contributed by atoms with van der Waals surface area (Å²) in [4.78, 5) is 36.3. The third-order valence-corrected chi connectivity index (χ3v) is 5.06. The van der Waals surface area contributed by atoms with Crippen LogP contribution in [0.2, 0.25) is 0 Å². The minimum Gasteiger partial charge on any atom is -0.382 e. The van der Waals surface area contributed by atoms with Crippen LogP contribution in [0.4, 0.5) is 5.82 Å². The third-order valence-electron chi connectivity index (χ3n) is 5.06. The van der Waals surface area contributed by atoms with Crippen LogP contribution < -0.4 is 15.8 Å². The molecule has 0 aliphatic carbocycles. The van der Waals surface area contributed by atoms with Crippen molar-refractivity contribution in [1.82, 2.24) is 19.9 Å². The number of carbonyl (C=O) groups is 1. The highest BCUT2D eigenvalue weighted by atomic mass is 16.5. The molecule has 1 amide bonds. The van der Waals surface area contributed by atoms with Gasteiger partial charge in [0.25, 0.3) is 5.56 Å². The summed E-state index contributed by atoms with van der Waals surface area (Å²) in [5.74, 6) is 0.317. The van der Waals surface area contributed by atoms with E-state index in [2.05, 4.69) is 15.3 Å². The molecule has 1 fully saturated rings. The number of pyridine rings is 1. The average Bonchev–Trinajstić information content (AvgIpc) is 2.73. The highest BCUT2D eigenvalue weighted by Crippen LogP contribution is 2.21. The Kier molecular flexibility index (Phi) is 6.97. The number of rotatable bonds is 8. The van der Waals surface area contributed by atoms with Crippen molar-refractivity contribution in [1.29, 1.82) is 0 Å². The minimum absolute atomic E-state index is 0.0412. The summed E-state index contributed by atoms with van der Waals surface area (Å²) in [5.41, 5.74) is 1.15. The number of hydrogen-bond acceptors (Lipinski definition) is 6. The van der Waals surface area contributed by atoms with Gasteiger partial charge in [0, 0.05) is 45.6 Å². The molecule has 0 radical (unpaired) electrons. The molecule has 1 atom stereocenters. The van der Waals surface area contributed by atoms with Gasteiger partial charge in [-0.1, -0.05) is 0 Å². The number of hydrogen-bond donors (Lipinski definition) is 1. The van der Waals surface area contributed by atoms with Gasteiger partial charge in [-0.2, -0.15) is 0 Å². The number of anilines is 1. The molecule has 8 heteroatoms. The molecule has 8 nitrogen and oxygen atoms in total. The van der Waals surface area contributed by atoms with Gasteiger partial charge in [-0.3, -0.25) is 14.2 Å². The van der Waals surface area contributed by atoms with Crippen molar-refractivity contribution in [2.45, 2.75) is 39.7 Å². The number of amides is 1. The average molecular weight is 387 g/mol. The van der Waals surface area contributed by atoms with E-state index >= 15 is 0 Å². The molecular formula is C20H29N5O3. The van der Waals surface area contributed by atoms with Crippen LogP contribution in [0.1, 0.15) is 33.1 Å². The fraction of sp³-hybridized carbons (Fsp3) is 0.600. The molecule has 0 spiro atoms. The standard InChI is InChI=1S/C20H29N5O3/c1-3-25-17-16(9-5-10-21-17)23-18(20(25)27)24-12-6-8-15(14-24)19(26)22-11-7-13-28-4-2/h5,9-10,15H,3-4,6-8,11-14H2,1-2H3,(H,22,26). The quantitative estimate of drug-likeness (QED) is 0.692. The Hall–Kier alpha value is -2.48. The first-order valence-corrected chi connectivity index (χ1v) is 10.1. The second kappa shape index (κ2) is 9.64. The van der Waals surface area contributed by atoms with E-state index in [9.17, 15) is 9.59 Å². The van der Waals surface area contributed by atoms with Crippen molar-refractivity contribution >= 4 is 22.9 Å². The number of ether oxygens (including phenoxy) is 1. The minimum atomic E-state index is -0.147. The number of piperidine rings is 1. The predicted octanol–water partition coefficient (Wildman–Crippen LogP) is 1.57. The van der Waals surface area contributed by atoms with Gasteiger partial charge < -0.3 is 15.0 Å². The normalized spacial score (nSPS) is 17.1. The third kappa shape index (κ3) is 4.49. The Morgan fingerprint density at radius 3 is 3.04 bits per heavy atom. The lowest BCUT2D eigenvalue weighted by Gasteiger charge is -2.32. The first kappa shape index (κ1) is 20.3. The highest BCUT2D eigenvalue weighted by Gasteiger charge is 2.28. The maximum absolute atomic E-state index is 13.0. The van der Waals surface area contributed by atoms with E-state index in [0.29, 0.717) is 49.8 Å². The van der Waals surface area contributed by atoms with E-state index in [1.54, 1.807) is 10.8 Å². The van der Waals surface area contributed by atoms with E-state index in [4.69, 9.17) is 4.74 Å². The van der Waals surface area contributed by atoms with Gasteiger partial charge in [-0.25, -0.2) is 9.97 Å². The Labute approximate surface area is 164 Å². The van der Waals surface area contributed by atoms with E-state index in [1.165, 1.54) is 0 Å². The SMILES string of the molecule is CCOCCCNC(=O)C1CCCN(c2nc3cccnc3n(CC)c2=O)C1.